The van der Waals surface area contributed by atoms with Gasteiger partial charge < -0.3 is 24.8 Å². The first-order valence-electron chi connectivity index (χ1n) is 8.79. The molecule has 2 aromatic rings. The third-order valence-corrected chi connectivity index (χ3v) is 13.0. The van der Waals surface area contributed by atoms with Crippen LogP contribution in [-0.4, -0.2) is 14.2 Å². The van der Waals surface area contributed by atoms with Crippen LogP contribution in [0.2, 0.25) is 0 Å². The van der Waals surface area contributed by atoms with E-state index in [0.29, 0.717) is 0 Å². The van der Waals surface area contributed by atoms with Crippen molar-refractivity contribution in [2.75, 3.05) is 14.2 Å². The number of fused-ring (bicyclic) bond motifs is 6. The quantitative estimate of drug-likeness (QED) is 0.443. The minimum absolute atomic E-state index is 0. The Morgan fingerprint density at radius 3 is 1.59 bits per heavy atom. The first kappa shape index (κ1) is 20.7. The molecule has 2 atom stereocenters. The van der Waals surface area contributed by atoms with Crippen LogP contribution in [0, 0.1) is 0 Å². The zero-order valence-electron chi connectivity index (χ0n) is 15.3. The molecule has 2 aliphatic carbocycles. The SMILES string of the molecule is COc1ccc2c(c1)C=C1CCC3=Cc4cc(OC)ccc4[CH]3[Hf+2][CH]12.[Cl-].[Cl-]. The summed E-state index contributed by atoms with van der Waals surface area (Å²) in [5.41, 5.74) is 9.26. The van der Waals surface area contributed by atoms with Crippen LogP contribution in [0.4, 0.5) is 0 Å². The maximum absolute atomic E-state index is 5.42. The van der Waals surface area contributed by atoms with Crippen molar-refractivity contribution in [3.63, 3.8) is 0 Å². The van der Waals surface area contributed by atoms with Gasteiger partial charge >= 0.3 is 160 Å². The zero-order valence-corrected chi connectivity index (χ0v) is 20.4. The molecular weight excluding hydrogens is 546 g/mol. The molecule has 1 fully saturated rings. The van der Waals surface area contributed by atoms with Crippen molar-refractivity contribution in [1.29, 1.82) is 0 Å². The van der Waals surface area contributed by atoms with Crippen LogP contribution in [-0.2, 0) is 22.9 Å². The number of hydrogen-bond acceptors (Lipinski definition) is 2. The van der Waals surface area contributed by atoms with Gasteiger partial charge in [0.25, 0.3) is 0 Å². The molecule has 0 amide bonds. The summed E-state index contributed by atoms with van der Waals surface area (Å²) in [6.45, 7) is 0. The van der Waals surface area contributed by atoms with Crippen molar-refractivity contribution < 1.29 is 57.2 Å². The summed E-state index contributed by atoms with van der Waals surface area (Å²) in [7, 11) is 3.50. The third-order valence-electron chi connectivity index (χ3n) is 5.67. The first-order chi connectivity index (χ1) is 12.3. The number of halogens is 2. The van der Waals surface area contributed by atoms with Crippen LogP contribution in [0.3, 0.4) is 0 Å². The van der Waals surface area contributed by atoms with E-state index in [1.807, 2.05) is 0 Å². The van der Waals surface area contributed by atoms with Crippen molar-refractivity contribution >= 4 is 12.2 Å². The second-order valence-corrected chi connectivity index (χ2v) is 12.3. The summed E-state index contributed by atoms with van der Waals surface area (Å²) in [6, 6.07) is 13.3. The Balaban J connectivity index is 0.00000105. The molecule has 0 aromatic heterocycles. The average Bonchev–Trinajstić information content (AvgIpc) is 3.11. The van der Waals surface area contributed by atoms with Crippen LogP contribution in [0.5, 0.6) is 11.5 Å². The van der Waals surface area contributed by atoms with E-state index in [1.54, 1.807) is 36.5 Å². The summed E-state index contributed by atoms with van der Waals surface area (Å²) in [6.07, 6.45) is 7.32. The molecule has 0 N–H and O–H groups in total. The fraction of sp³-hybridized carbons (Fsp3) is 0.273. The van der Waals surface area contributed by atoms with E-state index in [9.17, 15) is 0 Å². The zero-order chi connectivity index (χ0) is 17.0. The van der Waals surface area contributed by atoms with Gasteiger partial charge in [-0.25, -0.2) is 0 Å². The molecular formula is C22H20Cl2HfO2. The van der Waals surface area contributed by atoms with Gasteiger partial charge in [-0.05, 0) is 0 Å². The molecule has 1 saturated heterocycles. The number of hydrogen-bond donors (Lipinski definition) is 0. The Labute approximate surface area is 184 Å². The van der Waals surface area contributed by atoms with Gasteiger partial charge in [0.1, 0.15) is 0 Å². The predicted octanol–water partition coefficient (Wildman–Crippen LogP) is -0.835. The molecule has 2 unspecified atom stereocenters. The van der Waals surface area contributed by atoms with Crippen molar-refractivity contribution in [3.05, 3.63) is 69.8 Å². The molecule has 27 heavy (non-hydrogen) atoms. The van der Waals surface area contributed by atoms with Gasteiger partial charge in [0.2, 0.25) is 0 Å². The molecule has 1 aliphatic heterocycles. The Bertz CT molecular complexity index is 860. The van der Waals surface area contributed by atoms with Crippen molar-refractivity contribution in [1.82, 2.24) is 0 Å². The maximum Gasteiger partial charge on any atom is -1.00 e. The second kappa shape index (κ2) is 8.14. The van der Waals surface area contributed by atoms with Crippen molar-refractivity contribution in [3.8, 4) is 11.5 Å². The van der Waals surface area contributed by atoms with Crippen molar-refractivity contribution in [2.24, 2.45) is 0 Å². The molecule has 0 radical (unpaired) electrons. The molecule has 0 saturated carbocycles. The summed E-state index contributed by atoms with van der Waals surface area (Å²) >= 11 is -0.948. The Kier molecular flexibility index (Phi) is 6.24. The van der Waals surface area contributed by atoms with Crippen molar-refractivity contribution in [2.45, 2.75) is 20.2 Å². The minimum atomic E-state index is -0.948. The van der Waals surface area contributed by atoms with Gasteiger partial charge in [-0.1, -0.05) is 0 Å². The van der Waals surface area contributed by atoms with E-state index in [4.69, 9.17) is 9.47 Å². The van der Waals surface area contributed by atoms with Gasteiger partial charge in [0.05, 0.1) is 0 Å². The van der Waals surface area contributed by atoms with E-state index < -0.39 is 22.9 Å². The van der Waals surface area contributed by atoms with Crippen LogP contribution >= 0.6 is 0 Å². The largest absolute Gasteiger partial charge is 1.00 e. The molecule has 5 heteroatoms. The standard InChI is InChI=1S/C22H20O2.2ClH.Hf/c1-23-21-7-5-17-9-15(11-19(17)13-21)3-4-16-10-18-6-8-22(24-2)14-20(18)12-16;;;/h5-14H,3-4H2,1-2H3;2*1H;/q;;;+2/p-2. The molecule has 0 spiro atoms. The molecule has 2 nitrogen and oxygen atoms in total. The Morgan fingerprint density at radius 1 is 0.741 bits per heavy atom. The van der Waals surface area contributed by atoms with Gasteiger partial charge in [-0.2, -0.15) is 0 Å². The molecule has 2 aromatic carbocycles. The van der Waals surface area contributed by atoms with E-state index >= 15 is 0 Å². The summed E-state index contributed by atoms with van der Waals surface area (Å²) < 4.78 is 12.3. The topological polar surface area (TPSA) is 18.5 Å². The molecule has 0 bridgehead atoms. The first-order valence-corrected chi connectivity index (χ1v) is 12.9. The van der Waals surface area contributed by atoms with Gasteiger partial charge in [0.15, 0.2) is 0 Å². The third kappa shape index (κ3) is 3.43. The second-order valence-electron chi connectivity index (χ2n) is 6.96. The molecule has 1 heterocycles. The molecule has 3 aliphatic rings. The predicted molar refractivity (Wildman–Crippen MR) is 96.7 cm³/mol. The summed E-state index contributed by atoms with van der Waals surface area (Å²) in [5, 5.41) is 0. The molecule has 138 valence electrons. The fourth-order valence-electron chi connectivity index (χ4n) is 4.38. The summed E-state index contributed by atoms with van der Waals surface area (Å²) in [5.74, 6) is 1.94. The van der Waals surface area contributed by atoms with Crippen LogP contribution in [0.25, 0.3) is 12.2 Å². The van der Waals surface area contributed by atoms with Gasteiger partial charge in [0, 0.05) is 0 Å². The minimum Gasteiger partial charge on any atom is -1.00 e. The Morgan fingerprint density at radius 2 is 1.19 bits per heavy atom. The monoisotopic (exact) mass is 566 g/mol. The smallest absolute Gasteiger partial charge is 1.00 e. The van der Waals surface area contributed by atoms with E-state index in [0.717, 1.165) is 18.8 Å². The van der Waals surface area contributed by atoms with E-state index in [2.05, 4.69) is 48.6 Å². The number of allylic oxidation sites excluding steroid dienone is 2. The number of methoxy groups -OCH3 is 2. The number of benzene rings is 2. The summed E-state index contributed by atoms with van der Waals surface area (Å²) in [4.78, 5) is 0. The van der Waals surface area contributed by atoms with Gasteiger partial charge in [-0.3, -0.25) is 0 Å². The Hall–Kier alpha value is -1.03. The van der Waals surface area contributed by atoms with Gasteiger partial charge in [-0.15, -0.1) is 0 Å². The van der Waals surface area contributed by atoms with E-state index in [1.165, 1.54) is 24.0 Å². The van der Waals surface area contributed by atoms with E-state index in [-0.39, 0.29) is 24.8 Å². The normalized spacial score (nSPS) is 20.5. The average molecular weight is 566 g/mol. The number of ether oxygens (including phenoxy) is 2. The van der Waals surface area contributed by atoms with Crippen LogP contribution < -0.4 is 34.3 Å². The van der Waals surface area contributed by atoms with Crippen LogP contribution in [0.15, 0.2) is 47.5 Å². The fourth-order valence-corrected chi connectivity index (χ4v) is 11.9. The number of rotatable bonds is 2. The molecule has 5 rings (SSSR count). The maximum atomic E-state index is 5.42. The van der Waals surface area contributed by atoms with Crippen LogP contribution in [0.1, 0.15) is 42.4 Å².